The summed E-state index contributed by atoms with van der Waals surface area (Å²) >= 11 is 0. The van der Waals surface area contributed by atoms with Crippen LogP contribution < -0.4 is 14.8 Å². The topological polar surface area (TPSA) is 30.5 Å². The van der Waals surface area contributed by atoms with E-state index < -0.39 is 0 Å². The van der Waals surface area contributed by atoms with Gasteiger partial charge in [-0.25, -0.2) is 0 Å². The standard InChI is InChI=1S/C17H27NO2/c1-5-7-11-20-17-15(13-18-12-14(3)4)9-8-10-16(17)19-6-2/h5,8-10,14,18H,1,6-7,11-13H2,2-4H3. The predicted molar refractivity (Wildman–Crippen MR) is 84.5 cm³/mol. The van der Waals surface area contributed by atoms with Crippen LogP contribution >= 0.6 is 0 Å². The molecule has 1 N–H and O–H groups in total. The Morgan fingerprint density at radius 3 is 2.75 bits per heavy atom. The third-order valence-corrected chi connectivity index (χ3v) is 2.80. The largest absolute Gasteiger partial charge is 0.490 e. The fourth-order valence-electron chi connectivity index (χ4n) is 1.87. The number of hydrogen-bond acceptors (Lipinski definition) is 3. The average Bonchev–Trinajstić information content (AvgIpc) is 2.41. The van der Waals surface area contributed by atoms with Crippen molar-refractivity contribution in [2.24, 2.45) is 5.92 Å². The van der Waals surface area contributed by atoms with Crippen molar-refractivity contribution >= 4 is 0 Å². The Kier molecular flexibility index (Phi) is 7.81. The fourth-order valence-corrected chi connectivity index (χ4v) is 1.87. The van der Waals surface area contributed by atoms with Gasteiger partial charge < -0.3 is 14.8 Å². The molecule has 1 aromatic carbocycles. The van der Waals surface area contributed by atoms with E-state index in [1.807, 2.05) is 25.1 Å². The molecule has 0 spiro atoms. The molecule has 112 valence electrons. The van der Waals surface area contributed by atoms with E-state index in [2.05, 4.69) is 31.8 Å². The van der Waals surface area contributed by atoms with Crippen LogP contribution in [0.2, 0.25) is 0 Å². The lowest BCUT2D eigenvalue weighted by molar-refractivity contribution is 0.277. The lowest BCUT2D eigenvalue weighted by Crippen LogP contribution is -2.19. The number of rotatable bonds is 10. The van der Waals surface area contributed by atoms with Crippen LogP contribution in [0.25, 0.3) is 0 Å². The van der Waals surface area contributed by atoms with E-state index in [1.165, 1.54) is 0 Å². The van der Waals surface area contributed by atoms with E-state index in [9.17, 15) is 0 Å². The van der Waals surface area contributed by atoms with Crippen molar-refractivity contribution in [1.29, 1.82) is 0 Å². The molecule has 0 heterocycles. The molecule has 3 heteroatoms. The van der Waals surface area contributed by atoms with Gasteiger partial charge in [-0.2, -0.15) is 0 Å². The molecule has 0 saturated heterocycles. The van der Waals surface area contributed by atoms with Gasteiger partial charge in [-0.05, 0) is 31.9 Å². The first-order chi connectivity index (χ1) is 9.69. The zero-order chi connectivity index (χ0) is 14.8. The Hall–Kier alpha value is -1.48. The van der Waals surface area contributed by atoms with Crippen molar-refractivity contribution in [2.45, 2.75) is 33.7 Å². The van der Waals surface area contributed by atoms with Gasteiger partial charge in [0.05, 0.1) is 13.2 Å². The van der Waals surface area contributed by atoms with Crippen LogP contribution in [-0.4, -0.2) is 19.8 Å². The zero-order valence-corrected chi connectivity index (χ0v) is 12.9. The average molecular weight is 277 g/mol. The van der Waals surface area contributed by atoms with E-state index in [0.29, 0.717) is 19.1 Å². The van der Waals surface area contributed by atoms with E-state index in [4.69, 9.17) is 9.47 Å². The summed E-state index contributed by atoms with van der Waals surface area (Å²) in [7, 11) is 0. The van der Waals surface area contributed by atoms with Gasteiger partial charge in [-0.1, -0.05) is 32.1 Å². The van der Waals surface area contributed by atoms with E-state index in [1.54, 1.807) is 0 Å². The summed E-state index contributed by atoms with van der Waals surface area (Å²) in [5, 5.41) is 3.45. The molecule has 0 radical (unpaired) electrons. The molecule has 0 bridgehead atoms. The van der Waals surface area contributed by atoms with E-state index >= 15 is 0 Å². The van der Waals surface area contributed by atoms with Crippen LogP contribution in [0.4, 0.5) is 0 Å². The number of benzene rings is 1. The van der Waals surface area contributed by atoms with Gasteiger partial charge in [0.1, 0.15) is 0 Å². The molecule has 1 rings (SSSR count). The molecule has 3 nitrogen and oxygen atoms in total. The summed E-state index contributed by atoms with van der Waals surface area (Å²) in [6, 6.07) is 6.05. The lowest BCUT2D eigenvalue weighted by atomic mass is 10.1. The summed E-state index contributed by atoms with van der Waals surface area (Å²) in [6.45, 7) is 13.2. The Balaban J connectivity index is 2.78. The molecule has 0 amide bonds. The number of ether oxygens (including phenoxy) is 2. The van der Waals surface area contributed by atoms with E-state index in [-0.39, 0.29) is 0 Å². The third-order valence-electron chi connectivity index (χ3n) is 2.80. The zero-order valence-electron chi connectivity index (χ0n) is 12.9. The highest BCUT2D eigenvalue weighted by Gasteiger charge is 2.10. The van der Waals surface area contributed by atoms with Crippen LogP contribution in [0.1, 0.15) is 32.8 Å². The molecule has 0 saturated carbocycles. The maximum Gasteiger partial charge on any atom is 0.165 e. The van der Waals surface area contributed by atoms with Gasteiger partial charge in [0.2, 0.25) is 0 Å². The van der Waals surface area contributed by atoms with Crippen LogP contribution in [0.5, 0.6) is 11.5 Å². The highest BCUT2D eigenvalue weighted by Crippen LogP contribution is 2.31. The Bertz CT molecular complexity index is 402. The summed E-state index contributed by atoms with van der Waals surface area (Å²) < 4.78 is 11.5. The molecule has 0 unspecified atom stereocenters. The SMILES string of the molecule is C=CCCOc1c(CNCC(C)C)cccc1OCC. The Labute approximate surface area is 123 Å². The molecule has 0 aliphatic heterocycles. The van der Waals surface area contributed by atoms with Gasteiger partial charge in [-0.3, -0.25) is 0 Å². The second-order valence-electron chi connectivity index (χ2n) is 5.13. The maximum atomic E-state index is 5.88. The molecule has 0 fully saturated rings. The summed E-state index contributed by atoms with van der Waals surface area (Å²) in [6.07, 6.45) is 2.69. The maximum absolute atomic E-state index is 5.88. The summed E-state index contributed by atoms with van der Waals surface area (Å²) in [5.41, 5.74) is 1.14. The first-order valence-corrected chi connectivity index (χ1v) is 7.38. The normalized spacial score (nSPS) is 10.6. The van der Waals surface area contributed by atoms with Gasteiger partial charge in [0.15, 0.2) is 11.5 Å². The molecule has 0 aromatic heterocycles. The smallest absolute Gasteiger partial charge is 0.165 e. The first-order valence-electron chi connectivity index (χ1n) is 7.38. The van der Waals surface area contributed by atoms with Crippen molar-refractivity contribution in [2.75, 3.05) is 19.8 Å². The van der Waals surface area contributed by atoms with Crippen molar-refractivity contribution in [1.82, 2.24) is 5.32 Å². The van der Waals surface area contributed by atoms with Crippen molar-refractivity contribution in [3.63, 3.8) is 0 Å². The quantitative estimate of drug-likeness (QED) is 0.521. The van der Waals surface area contributed by atoms with Crippen LogP contribution in [0, 0.1) is 5.92 Å². The monoisotopic (exact) mass is 277 g/mol. The minimum Gasteiger partial charge on any atom is -0.490 e. The van der Waals surface area contributed by atoms with Gasteiger partial charge in [-0.15, -0.1) is 6.58 Å². The minimum atomic E-state index is 0.630. The highest BCUT2D eigenvalue weighted by atomic mass is 16.5. The van der Waals surface area contributed by atoms with Crippen molar-refractivity contribution < 1.29 is 9.47 Å². The molecular weight excluding hydrogens is 250 g/mol. The molecule has 0 aliphatic rings. The number of para-hydroxylation sites is 1. The van der Waals surface area contributed by atoms with Gasteiger partial charge in [0, 0.05) is 12.1 Å². The molecule has 20 heavy (non-hydrogen) atoms. The first kappa shape index (κ1) is 16.6. The molecule has 1 aromatic rings. The molecule has 0 atom stereocenters. The highest BCUT2D eigenvalue weighted by molar-refractivity contribution is 5.46. The predicted octanol–water partition coefficient (Wildman–Crippen LogP) is 3.79. The number of nitrogens with one attached hydrogen (secondary N) is 1. The molecule has 0 aliphatic carbocycles. The molecular formula is C17H27NO2. The van der Waals surface area contributed by atoms with Crippen LogP contribution in [-0.2, 0) is 6.54 Å². The fraction of sp³-hybridized carbons (Fsp3) is 0.529. The van der Waals surface area contributed by atoms with Crippen molar-refractivity contribution in [3.8, 4) is 11.5 Å². The van der Waals surface area contributed by atoms with Crippen LogP contribution in [0.15, 0.2) is 30.9 Å². The summed E-state index contributed by atoms with van der Waals surface area (Å²) in [5.74, 6) is 2.31. The minimum absolute atomic E-state index is 0.630. The van der Waals surface area contributed by atoms with Gasteiger partial charge >= 0.3 is 0 Å². The lowest BCUT2D eigenvalue weighted by Gasteiger charge is -2.16. The Morgan fingerprint density at radius 2 is 2.10 bits per heavy atom. The second-order valence-corrected chi connectivity index (χ2v) is 5.13. The van der Waals surface area contributed by atoms with Gasteiger partial charge in [0.25, 0.3) is 0 Å². The van der Waals surface area contributed by atoms with Crippen molar-refractivity contribution in [3.05, 3.63) is 36.4 Å². The Morgan fingerprint density at radius 1 is 1.30 bits per heavy atom. The second kappa shape index (κ2) is 9.43. The van der Waals surface area contributed by atoms with Crippen LogP contribution in [0.3, 0.4) is 0 Å². The van der Waals surface area contributed by atoms with E-state index in [0.717, 1.165) is 36.6 Å². The number of hydrogen-bond donors (Lipinski definition) is 1. The third kappa shape index (κ3) is 5.66. The summed E-state index contributed by atoms with van der Waals surface area (Å²) in [4.78, 5) is 0.